The predicted molar refractivity (Wildman–Crippen MR) is 64.4 cm³/mol. The maximum Gasteiger partial charge on any atom is 0.249 e. The molecule has 0 fully saturated rings. The highest BCUT2D eigenvalue weighted by Gasteiger charge is 2.04. The first-order valence-corrected chi connectivity index (χ1v) is 5.77. The Labute approximate surface area is 101 Å². The van der Waals surface area contributed by atoms with Crippen LogP contribution in [-0.4, -0.2) is 10.9 Å². The van der Waals surface area contributed by atoms with Crippen LogP contribution in [0.5, 0.6) is 0 Å². The van der Waals surface area contributed by atoms with E-state index in [9.17, 15) is 9.18 Å². The molecule has 0 aliphatic heterocycles. The van der Waals surface area contributed by atoms with Crippen LogP contribution in [0.15, 0.2) is 29.6 Å². The molecule has 2 rings (SSSR count). The Morgan fingerprint density at radius 1 is 1.53 bits per heavy atom. The van der Waals surface area contributed by atoms with Crippen molar-refractivity contribution in [3.8, 4) is 0 Å². The fourth-order valence-electron chi connectivity index (χ4n) is 1.29. The first-order chi connectivity index (χ1) is 8.15. The summed E-state index contributed by atoms with van der Waals surface area (Å²) in [7, 11) is 0. The van der Waals surface area contributed by atoms with Crippen LogP contribution in [0.25, 0.3) is 0 Å². The molecule has 2 heterocycles. The van der Waals surface area contributed by atoms with E-state index in [0.717, 1.165) is 4.88 Å². The minimum atomic E-state index is -0.529. The van der Waals surface area contributed by atoms with Crippen LogP contribution in [-0.2, 0) is 6.54 Å². The van der Waals surface area contributed by atoms with Crippen LogP contribution in [0.2, 0.25) is 0 Å². The largest absolute Gasteiger partial charge is 0.366 e. The van der Waals surface area contributed by atoms with Crippen LogP contribution in [0, 0.1) is 5.95 Å². The summed E-state index contributed by atoms with van der Waals surface area (Å²) in [5.41, 5.74) is 5.62. The van der Waals surface area contributed by atoms with Gasteiger partial charge >= 0.3 is 0 Å². The van der Waals surface area contributed by atoms with E-state index in [1.807, 2.05) is 0 Å². The third kappa shape index (κ3) is 3.01. The first-order valence-electron chi connectivity index (χ1n) is 4.89. The van der Waals surface area contributed by atoms with E-state index in [2.05, 4.69) is 10.3 Å². The third-order valence-corrected chi connectivity index (χ3v) is 3.03. The number of nitrogens with two attached hydrogens (primary N) is 1. The number of pyridine rings is 1. The number of primary amides is 1. The summed E-state index contributed by atoms with van der Waals surface area (Å²) in [4.78, 5) is 15.5. The van der Waals surface area contributed by atoms with Gasteiger partial charge in [-0.2, -0.15) is 4.39 Å². The number of aromatic nitrogens is 1. The van der Waals surface area contributed by atoms with Gasteiger partial charge in [0.25, 0.3) is 0 Å². The average Bonchev–Trinajstić information content (AvgIpc) is 2.75. The molecule has 2 aromatic heterocycles. The molecule has 0 unspecified atom stereocenters. The lowest BCUT2D eigenvalue weighted by Gasteiger charge is -2.02. The second-order valence-corrected chi connectivity index (χ2v) is 4.36. The summed E-state index contributed by atoms with van der Waals surface area (Å²) < 4.78 is 12.8. The molecule has 4 nitrogen and oxygen atoms in total. The van der Waals surface area contributed by atoms with Crippen molar-refractivity contribution in [2.24, 2.45) is 5.73 Å². The van der Waals surface area contributed by atoms with Gasteiger partial charge in [-0.25, -0.2) is 4.98 Å². The molecule has 17 heavy (non-hydrogen) atoms. The molecule has 0 spiro atoms. The van der Waals surface area contributed by atoms with Crippen molar-refractivity contribution >= 4 is 23.1 Å². The highest BCUT2D eigenvalue weighted by Crippen LogP contribution is 2.15. The van der Waals surface area contributed by atoms with Gasteiger partial charge in [0.2, 0.25) is 11.9 Å². The number of nitrogens with one attached hydrogen (secondary N) is 1. The molecule has 0 atom stereocenters. The van der Waals surface area contributed by atoms with Crippen molar-refractivity contribution < 1.29 is 9.18 Å². The number of rotatable bonds is 4. The van der Waals surface area contributed by atoms with Gasteiger partial charge in [-0.05, 0) is 18.2 Å². The number of carbonyl (C=O) groups is 1. The van der Waals surface area contributed by atoms with Crippen molar-refractivity contribution in [2.75, 3.05) is 5.32 Å². The lowest BCUT2D eigenvalue weighted by molar-refractivity contribution is 0.100. The van der Waals surface area contributed by atoms with E-state index >= 15 is 0 Å². The number of amides is 1. The Bertz CT molecular complexity index is 541. The SMILES string of the molecule is NC(=O)c1csc(CNc2cccc(F)n2)c1. The van der Waals surface area contributed by atoms with Crippen molar-refractivity contribution in [3.05, 3.63) is 46.0 Å². The zero-order chi connectivity index (χ0) is 12.3. The van der Waals surface area contributed by atoms with Crippen molar-refractivity contribution in [1.82, 2.24) is 4.98 Å². The summed E-state index contributed by atoms with van der Waals surface area (Å²) in [6.07, 6.45) is 0. The van der Waals surface area contributed by atoms with E-state index in [4.69, 9.17) is 5.73 Å². The zero-order valence-corrected chi connectivity index (χ0v) is 9.63. The summed E-state index contributed by atoms with van der Waals surface area (Å²) in [5.74, 6) is -0.519. The van der Waals surface area contributed by atoms with Gasteiger partial charge in [0.05, 0.1) is 12.1 Å². The number of carbonyl (C=O) groups excluding carboxylic acids is 1. The molecule has 6 heteroatoms. The number of anilines is 1. The average molecular weight is 251 g/mol. The highest BCUT2D eigenvalue weighted by molar-refractivity contribution is 7.10. The van der Waals surface area contributed by atoms with Gasteiger partial charge in [-0.15, -0.1) is 11.3 Å². The van der Waals surface area contributed by atoms with Gasteiger partial charge in [-0.3, -0.25) is 4.79 Å². The Morgan fingerprint density at radius 3 is 3.00 bits per heavy atom. The van der Waals surface area contributed by atoms with E-state index < -0.39 is 11.9 Å². The van der Waals surface area contributed by atoms with Crippen molar-refractivity contribution in [1.29, 1.82) is 0 Å². The van der Waals surface area contributed by atoms with E-state index in [1.165, 1.54) is 17.4 Å². The van der Waals surface area contributed by atoms with Crippen LogP contribution in [0.1, 0.15) is 15.2 Å². The Morgan fingerprint density at radius 2 is 2.35 bits per heavy atom. The smallest absolute Gasteiger partial charge is 0.249 e. The maximum absolute atomic E-state index is 12.8. The van der Waals surface area contributed by atoms with Crippen molar-refractivity contribution in [3.63, 3.8) is 0 Å². The summed E-state index contributed by atoms with van der Waals surface area (Å²) in [6.45, 7) is 0.481. The van der Waals surface area contributed by atoms with Crippen LogP contribution in [0.3, 0.4) is 0 Å². The summed E-state index contributed by atoms with van der Waals surface area (Å²) >= 11 is 1.42. The third-order valence-electron chi connectivity index (χ3n) is 2.10. The summed E-state index contributed by atoms with van der Waals surface area (Å²) in [6, 6.07) is 6.24. The lowest BCUT2D eigenvalue weighted by atomic mass is 10.3. The maximum atomic E-state index is 12.8. The lowest BCUT2D eigenvalue weighted by Crippen LogP contribution is -2.09. The molecular formula is C11H10FN3OS. The highest BCUT2D eigenvalue weighted by atomic mass is 32.1. The minimum absolute atomic E-state index is 0.448. The molecule has 0 saturated carbocycles. The number of nitrogens with zero attached hydrogens (tertiary/aromatic N) is 1. The number of hydrogen-bond acceptors (Lipinski definition) is 4. The molecular weight excluding hydrogens is 241 g/mol. The molecule has 0 aliphatic carbocycles. The fourth-order valence-corrected chi connectivity index (χ4v) is 2.10. The van der Waals surface area contributed by atoms with Gasteiger partial charge in [0, 0.05) is 10.3 Å². The number of halogens is 1. The van der Waals surface area contributed by atoms with Gasteiger partial charge in [0.15, 0.2) is 0 Å². The zero-order valence-electron chi connectivity index (χ0n) is 8.81. The monoisotopic (exact) mass is 251 g/mol. The van der Waals surface area contributed by atoms with Crippen molar-refractivity contribution in [2.45, 2.75) is 6.54 Å². The molecule has 0 aromatic carbocycles. The Balaban J connectivity index is 2.00. The van der Waals surface area contributed by atoms with Gasteiger partial charge in [0.1, 0.15) is 5.82 Å². The van der Waals surface area contributed by atoms with Crippen LogP contribution >= 0.6 is 11.3 Å². The second-order valence-electron chi connectivity index (χ2n) is 3.37. The van der Waals surface area contributed by atoms with E-state index in [0.29, 0.717) is 17.9 Å². The number of thiophene rings is 1. The van der Waals surface area contributed by atoms with E-state index in [1.54, 1.807) is 23.6 Å². The molecule has 0 radical (unpaired) electrons. The Kier molecular flexibility index (Phi) is 3.34. The first kappa shape index (κ1) is 11.5. The normalized spacial score (nSPS) is 10.2. The molecule has 0 bridgehead atoms. The fraction of sp³-hybridized carbons (Fsp3) is 0.0909. The topological polar surface area (TPSA) is 68.0 Å². The van der Waals surface area contributed by atoms with Crippen LogP contribution < -0.4 is 11.1 Å². The standard InChI is InChI=1S/C11H10FN3OS/c12-9-2-1-3-10(15-9)14-5-8-4-7(6-17-8)11(13)16/h1-4,6H,5H2,(H2,13,16)(H,14,15). The molecule has 0 aliphatic rings. The molecule has 3 N–H and O–H groups in total. The second kappa shape index (κ2) is 4.92. The molecule has 88 valence electrons. The summed E-state index contributed by atoms with van der Waals surface area (Å²) in [5, 5.41) is 4.65. The Hall–Kier alpha value is -1.95. The van der Waals surface area contributed by atoms with Gasteiger partial charge in [-0.1, -0.05) is 6.07 Å². The van der Waals surface area contributed by atoms with Gasteiger partial charge < -0.3 is 11.1 Å². The van der Waals surface area contributed by atoms with Crippen LogP contribution in [0.4, 0.5) is 10.2 Å². The number of hydrogen-bond donors (Lipinski definition) is 2. The molecule has 1 amide bonds. The predicted octanol–water partition coefficient (Wildman–Crippen LogP) is 1.99. The quantitative estimate of drug-likeness (QED) is 0.816. The molecule has 0 saturated heterocycles. The van der Waals surface area contributed by atoms with E-state index in [-0.39, 0.29) is 0 Å². The molecule has 2 aromatic rings. The minimum Gasteiger partial charge on any atom is -0.366 e.